The average Bonchev–Trinajstić information content (AvgIpc) is 2.26. The fourth-order valence-electron chi connectivity index (χ4n) is 1.47. The molecular weight excluding hydrogens is 241 g/mol. The first-order valence-electron chi connectivity index (χ1n) is 4.96. The lowest BCUT2D eigenvalue weighted by Crippen LogP contribution is -1.89. The summed E-state index contributed by atoms with van der Waals surface area (Å²) in [5.74, 6) is 0. The molecule has 16 heavy (non-hydrogen) atoms. The van der Waals surface area contributed by atoms with Crippen molar-refractivity contribution in [3.8, 4) is 11.3 Å². The van der Waals surface area contributed by atoms with Crippen LogP contribution in [0.15, 0.2) is 30.5 Å². The Bertz CT molecular complexity index is 535. The summed E-state index contributed by atoms with van der Waals surface area (Å²) in [5.41, 5.74) is 4.09. The molecule has 0 aliphatic rings. The third-order valence-electron chi connectivity index (χ3n) is 2.58. The first-order chi connectivity index (χ1) is 7.58. The molecule has 0 unspecified atom stereocenters. The highest BCUT2D eigenvalue weighted by molar-refractivity contribution is 6.35. The lowest BCUT2D eigenvalue weighted by Gasteiger charge is -2.06. The van der Waals surface area contributed by atoms with Crippen molar-refractivity contribution in [2.75, 3.05) is 0 Å². The molecule has 0 radical (unpaired) electrons. The van der Waals surface area contributed by atoms with E-state index in [1.807, 2.05) is 25.3 Å². The molecule has 0 amide bonds. The van der Waals surface area contributed by atoms with Gasteiger partial charge in [-0.2, -0.15) is 0 Å². The van der Waals surface area contributed by atoms with Gasteiger partial charge in [0.2, 0.25) is 0 Å². The molecule has 0 saturated heterocycles. The maximum atomic E-state index is 6.12. The largest absolute Gasteiger partial charge is 0.256 e. The van der Waals surface area contributed by atoms with E-state index in [2.05, 4.69) is 11.9 Å². The molecule has 0 saturated carbocycles. The Labute approximate surface area is 105 Å². The molecule has 82 valence electrons. The molecule has 3 heteroatoms. The number of aromatic nitrogens is 1. The van der Waals surface area contributed by atoms with Crippen LogP contribution in [0.3, 0.4) is 0 Å². The number of rotatable bonds is 1. The molecule has 0 bridgehead atoms. The SMILES string of the molecule is Cc1cnc(-c2cc(Cl)ccc2Cl)cc1C. The van der Waals surface area contributed by atoms with Gasteiger partial charge in [-0.1, -0.05) is 23.2 Å². The Morgan fingerprint density at radius 1 is 1.00 bits per heavy atom. The number of hydrogen-bond acceptors (Lipinski definition) is 1. The van der Waals surface area contributed by atoms with Crippen molar-refractivity contribution < 1.29 is 0 Å². The highest BCUT2D eigenvalue weighted by Gasteiger charge is 2.06. The van der Waals surface area contributed by atoms with E-state index in [1.54, 1.807) is 12.1 Å². The zero-order valence-electron chi connectivity index (χ0n) is 9.09. The van der Waals surface area contributed by atoms with Gasteiger partial charge in [-0.3, -0.25) is 4.98 Å². The molecule has 1 aromatic heterocycles. The van der Waals surface area contributed by atoms with E-state index in [0.29, 0.717) is 10.0 Å². The standard InChI is InChI=1S/C13H11Cl2N/c1-8-5-13(16-7-9(8)2)11-6-10(14)3-4-12(11)15/h3-7H,1-2H3. The minimum absolute atomic E-state index is 0.666. The van der Waals surface area contributed by atoms with Crippen molar-refractivity contribution in [3.05, 3.63) is 51.6 Å². The van der Waals surface area contributed by atoms with E-state index >= 15 is 0 Å². The van der Waals surface area contributed by atoms with E-state index in [-0.39, 0.29) is 0 Å². The lowest BCUT2D eigenvalue weighted by molar-refractivity contribution is 1.22. The minimum Gasteiger partial charge on any atom is -0.256 e. The molecule has 1 heterocycles. The van der Waals surface area contributed by atoms with Gasteiger partial charge < -0.3 is 0 Å². The van der Waals surface area contributed by atoms with Gasteiger partial charge in [0.05, 0.1) is 10.7 Å². The second kappa shape index (κ2) is 4.44. The molecular formula is C13H11Cl2N. The van der Waals surface area contributed by atoms with Gasteiger partial charge in [-0.15, -0.1) is 0 Å². The second-order valence-corrected chi connectivity index (χ2v) is 4.62. The van der Waals surface area contributed by atoms with Gasteiger partial charge in [0.25, 0.3) is 0 Å². The number of hydrogen-bond donors (Lipinski definition) is 0. The number of benzene rings is 1. The van der Waals surface area contributed by atoms with Crippen LogP contribution in [0.2, 0.25) is 10.0 Å². The number of pyridine rings is 1. The van der Waals surface area contributed by atoms with Gasteiger partial charge in [0.1, 0.15) is 0 Å². The van der Waals surface area contributed by atoms with E-state index in [1.165, 1.54) is 11.1 Å². The first-order valence-corrected chi connectivity index (χ1v) is 5.72. The molecule has 0 aliphatic heterocycles. The second-order valence-electron chi connectivity index (χ2n) is 3.78. The molecule has 0 fully saturated rings. The van der Waals surface area contributed by atoms with Crippen molar-refractivity contribution >= 4 is 23.2 Å². The number of aryl methyl sites for hydroxylation is 2. The van der Waals surface area contributed by atoms with Crippen LogP contribution in [-0.2, 0) is 0 Å². The van der Waals surface area contributed by atoms with Crippen LogP contribution in [0.5, 0.6) is 0 Å². The highest BCUT2D eigenvalue weighted by Crippen LogP contribution is 2.29. The Hall–Kier alpha value is -1.05. The molecule has 1 aromatic carbocycles. The van der Waals surface area contributed by atoms with Crippen LogP contribution in [-0.4, -0.2) is 4.98 Å². The summed E-state index contributed by atoms with van der Waals surface area (Å²) in [6.07, 6.45) is 1.85. The molecule has 2 aromatic rings. The summed E-state index contributed by atoms with van der Waals surface area (Å²) in [5, 5.41) is 1.33. The Morgan fingerprint density at radius 2 is 1.75 bits per heavy atom. The van der Waals surface area contributed by atoms with E-state index in [0.717, 1.165) is 11.3 Å². The maximum absolute atomic E-state index is 6.12. The maximum Gasteiger partial charge on any atom is 0.0720 e. The van der Waals surface area contributed by atoms with E-state index < -0.39 is 0 Å². The van der Waals surface area contributed by atoms with Crippen molar-refractivity contribution in [1.29, 1.82) is 0 Å². The fourth-order valence-corrected chi connectivity index (χ4v) is 1.85. The van der Waals surface area contributed by atoms with E-state index in [4.69, 9.17) is 23.2 Å². The van der Waals surface area contributed by atoms with Crippen molar-refractivity contribution in [2.45, 2.75) is 13.8 Å². The first kappa shape index (κ1) is 11.4. The number of halogens is 2. The van der Waals surface area contributed by atoms with Gasteiger partial charge in [0.15, 0.2) is 0 Å². The van der Waals surface area contributed by atoms with Crippen LogP contribution < -0.4 is 0 Å². The Morgan fingerprint density at radius 3 is 2.44 bits per heavy atom. The average molecular weight is 252 g/mol. The third-order valence-corrected chi connectivity index (χ3v) is 3.14. The van der Waals surface area contributed by atoms with Gasteiger partial charge >= 0.3 is 0 Å². The number of nitrogens with zero attached hydrogens (tertiary/aromatic N) is 1. The Balaban J connectivity index is 2.58. The van der Waals surface area contributed by atoms with Gasteiger partial charge in [0, 0.05) is 16.8 Å². The highest BCUT2D eigenvalue weighted by atomic mass is 35.5. The van der Waals surface area contributed by atoms with Gasteiger partial charge in [-0.05, 0) is 49.2 Å². The predicted molar refractivity (Wildman–Crippen MR) is 69.2 cm³/mol. The smallest absolute Gasteiger partial charge is 0.0720 e. The monoisotopic (exact) mass is 251 g/mol. The summed E-state index contributed by atoms with van der Waals surface area (Å²) >= 11 is 12.1. The summed E-state index contributed by atoms with van der Waals surface area (Å²) in [7, 11) is 0. The van der Waals surface area contributed by atoms with Crippen LogP contribution in [0.4, 0.5) is 0 Å². The van der Waals surface area contributed by atoms with Crippen LogP contribution in [0.25, 0.3) is 11.3 Å². The molecule has 0 N–H and O–H groups in total. The molecule has 0 atom stereocenters. The normalized spacial score (nSPS) is 10.5. The lowest BCUT2D eigenvalue weighted by atomic mass is 10.1. The molecule has 2 rings (SSSR count). The molecule has 0 spiro atoms. The minimum atomic E-state index is 0.666. The van der Waals surface area contributed by atoms with Crippen LogP contribution >= 0.6 is 23.2 Å². The van der Waals surface area contributed by atoms with E-state index in [9.17, 15) is 0 Å². The fraction of sp³-hybridized carbons (Fsp3) is 0.154. The summed E-state index contributed by atoms with van der Waals surface area (Å²) in [4.78, 5) is 4.37. The summed E-state index contributed by atoms with van der Waals surface area (Å²) < 4.78 is 0. The zero-order valence-corrected chi connectivity index (χ0v) is 10.6. The van der Waals surface area contributed by atoms with Crippen molar-refractivity contribution in [1.82, 2.24) is 4.98 Å². The summed E-state index contributed by atoms with van der Waals surface area (Å²) in [6.45, 7) is 4.09. The van der Waals surface area contributed by atoms with Crippen molar-refractivity contribution in [3.63, 3.8) is 0 Å². The zero-order chi connectivity index (χ0) is 11.7. The van der Waals surface area contributed by atoms with Crippen molar-refractivity contribution in [2.24, 2.45) is 0 Å². The molecule has 0 aliphatic carbocycles. The topological polar surface area (TPSA) is 12.9 Å². The van der Waals surface area contributed by atoms with Gasteiger partial charge in [-0.25, -0.2) is 0 Å². The quantitative estimate of drug-likeness (QED) is 0.718. The van der Waals surface area contributed by atoms with Crippen LogP contribution in [0, 0.1) is 13.8 Å². The predicted octanol–water partition coefficient (Wildman–Crippen LogP) is 4.67. The summed E-state index contributed by atoms with van der Waals surface area (Å²) in [6, 6.07) is 7.42. The third kappa shape index (κ3) is 2.21. The van der Waals surface area contributed by atoms with Crippen LogP contribution in [0.1, 0.15) is 11.1 Å². The molecule has 1 nitrogen and oxygen atoms in total. The Kier molecular flexibility index (Phi) is 3.17.